The number of carbonyl (C=O) groups is 4. The van der Waals surface area contributed by atoms with Crippen molar-refractivity contribution in [2.75, 3.05) is 69.3 Å². The summed E-state index contributed by atoms with van der Waals surface area (Å²) in [4.78, 5) is 68.0. The first kappa shape index (κ1) is 45.5. The van der Waals surface area contributed by atoms with E-state index in [1.54, 1.807) is 28.1 Å². The zero-order chi connectivity index (χ0) is 44.9. The number of benzene rings is 3. The van der Waals surface area contributed by atoms with Crippen LogP contribution in [0.5, 0.6) is 11.5 Å². The van der Waals surface area contributed by atoms with Gasteiger partial charge >= 0.3 is 12.2 Å². The van der Waals surface area contributed by atoms with Gasteiger partial charge in [-0.3, -0.25) is 9.59 Å². The van der Waals surface area contributed by atoms with Crippen LogP contribution in [-0.2, 0) is 9.53 Å². The lowest BCUT2D eigenvalue weighted by molar-refractivity contribution is -0.118. The number of aryl methyl sites for hydroxylation is 1. The number of ether oxygens (including phenoxy) is 3. The first-order valence-corrected chi connectivity index (χ1v) is 24.7. The van der Waals surface area contributed by atoms with Gasteiger partial charge in [0.2, 0.25) is 5.91 Å². The maximum atomic E-state index is 13.9. The molecule has 0 bridgehead atoms. The molecular formula is C48H58N6O8S2. The molecule has 4 aromatic rings. The number of pyridine rings is 1. The molecule has 16 heteroatoms. The molecule has 3 aromatic carbocycles. The third-order valence-electron chi connectivity index (χ3n) is 12.7. The molecule has 4 aliphatic heterocycles. The predicted octanol–water partition coefficient (Wildman–Crippen LogP) is 8.48. The summed E-state index contributed by atoms with van der Waals surface area (Å²) in [6, 6.07) is 18.4. The quantitative estimate of drug-likeness (QED) is 0.0957. The van der Waals surface area contributed by atoms with Gasteiger partial charge in [-0.2, -0.15) is 0 Å². The number of nitrogens with zero attached hydrogens (tertiary/aromatic N) is 6. The number of amides is 4. The number of rotatable bonds is 14. The van der Waals surface area contributed by atoms with Crippen molar-refractivity contribution < 1.29 is 38.5 Å². The van der Waals surface area contributed by atoms with Crippen LogP contribution in [0.25, 0.3) is 10.8 Å². The molecule has 2 unspecified atom stereocenters. The fraction of sp³-hybridized carbons (Fsp3) is 0.479. The van der Waals surface area contributed by atoms with Crippen molar-refractivity contribution in [1.82, 2.24) is 19.7 Å². The highest BCUT2D eigenvalue weighted by atomic mass is 33.1. The van der Waals surface area contributed by atoms with E-state index in [0.29, 0.717) is 75.5 Å². The highest BCUT2D eigenvalue weighted by Gasteiger charge is 2.45. The number of carbonyl (C=O) groups excluding carboxylic acids is 4. The minimum Gasteiger partial charge on any atom is -0.493 e. The molecule has 4 aliphatic rings. The number of unbranched alkanes of at least 4 members (excludes halogenated alkanes) is 2. The van der Waals surface area contributed by atoms with E-state index in [2.05, 4.69) is 22.9 Å². The number of likely N-dealkylation sites (N-methyl/N-ethyl adjacent to an activating group) is 1. The van der Waals surface area contributed by atoms with Gasteiger partial charge in [0.1, 0.15) is 23.1 Å². The van der Waals surface area contributed by atoms with E-state index in [1.807, 2.05) is 68.3 Å². The average Bonchev–Trinajstić information content (AvgIpc) is 3.94. The van der Waals surface area contributed by atoms with Crippen molar-refractivity contribution in [2.24, 2.45) is 0 Å². The Morgan fingerprint density at radius 2 is 1.69 bits per heavy atom. The molecule has 2 fully saturated rings. The molecule has 8 rings (SSSR count). The van der Waals surface area contributed by atoms with E-state index in [1.165, 1.54) is 26.5 Å². The summed E-state index contributed by atoms with van der Waals surface area (Å²) in [6.45, 7) is 10.3. The Kier molecular flexibility index (Phi) is 14.5. The molecule has 0 radical (unpaired) electrons. The zero-order valence-corrected chi connectivity index (χ0v) is 38.7. The van der Waals surface area contributed by atoms with E-state index < -0.39 is 18.4 Å². The number of hydrogen-bond donors (Lipinski definition) is 1. The standard InChI is InChI=1S/C48H58N6O8S2/c1-5-33-29-53(39-28-41(34-14-8-9-15-35(34)44(33)39)62-47(58)51-23-21-50(4)22-24-51)43(55)18-7-6-12-25-60-40-27-38-36(26-31(40)2)45(56)52-20-13-16-37(52)46(57)54(38)48(59)61-30-32(3)63-64-42-17-10-11-19-49-42/h8-11,14-15,17,19,26-28,32-33,37,46,57H,5-7,12-13,16,18,20-25,29-30H2,1-4H3/t32?,33-,37+,46?/m1/s1. The first-order chi connectivity index (χ1) is 31.0. The molecule has 1 aromatic heterocycles. The number of anilines is 2. The summed E-state index contributed by atoms with van der Waals surface area (Å²) in [5.74, 6) is 0.934. The van der Waals surface area contributed by atoms with Crippen molar-refractivity contribution in [3.05, 3.63) is 83.6 Å². The maximum Gasteiger partial charge on any atom is 0.416 e. The number of aliphatic hydroxyl groups is 1. The molecule has 0 spiro atoms. The summed E-state index contributed by atoms with van der Waals surface area (Å²) >= 11 is 0. The van der Waals surface area contributed by atoms with Gasteiger partial charge in [0, 0.05) is 80.6 Å². The third-order valence-corrected chi connectivity index (χ3v) is 15.5. The van der Waals surface area contributed by atoms with Gasteiger partial charge in [-0.1, -0.05) is 48.0 Å². The Bertz CT molecular complexity index is 2350. The topological polar surface area (TPSA) is 145 Å². The van der Waals surface area contributed by atoms with Crippen molar-refractivity contribution in [1.29, 1.82) is 0 Å². The van der Waals surface area contributed by atoms with E-state index in [-0.39, 0.29) is 41.4 Å². The highest BCUT2D eigenvalue weighted by molar-refractivity contribution is 8.76. The van der Waals surface area contributed by atoms with Crippen LogP contribution >= 0.6 is 21.6 Å². The fourth-order valence-corrected chi connectivity index (χ4v) is 11.0. The summed E-state index contributed by atoms with van der Waals surface area (Å²) in [5, 5.41) is 14.3. The Labute approximate surface area is 383 Å². The molecule has 64 heavy (non-hydrogen) atoms. The lowest BCUT2D eigenvalue weighted by Gasteiger charge is -2.32. The number of fused-ring (bicyclic) bond motifs is 5. The maximum absolute atomic E-state index is 13.9. The molecular weight excluding hydrogens is 853 g/mol. The molecule has 2 saturated heterocycles. The second-order valence-corrected chi connectivity index (χ2v) is 19.8. The van der Waals surface area contributed by atoms with Gasteiger partial charge in [0.15, 0.2) is 6.23 Å². The Morgan fingerprint density at radius 3 is 2.45 bits per heavy atom. The molecule has 4 amide bonds. The van der Waals surface area contributed by atoms with Crippen LogP contribution in [0.2, 0.25) is 0 Å². The summed E-state index contributed by atoms with van der Waals surface area (Å²) in [5.41, 5.74) is 3.25. The minimum absolute atomic E-state index is 0.0296. The van der Waals surface area contributed by atoms with Crippen LogP contribution in [0, 0.1) is 6.92 Å². The first-order valence-electron chi connectivity index (χ1n) is 22.5. The molecule has 14 nitrogen and oxygen atoms in total. The van der Waals surface area contributed by atoms with Gasteiger partial charge in [-0.05, 0) is 105 Å². The fourth-order valence-electron chi connectivity index (χ4n) is 9.13. The van der Waals surface area contributed by atoms with Gasteiger partial charge in [-0.15, -0.1) is 0 Å². The lowest BCUT2D eigenvalue weighted by atomic mass is 9.93. The van der Waals surface area contributed by atoms with E-state index in [0.717, 1.165) is 65.0 Å². The van der Waals surface area contributed by atoms with E-state index in [9.17, 15) is 24.3 Å². The predicted molar refractivity (Wildman–Crippen MR) is 251 cm³/mol. The molecule has 340 valence electrons. The van der Waals surface area contributed by atoms with Crippen LogP contribution in [0.3, 0.4) is 0 Å². The van der Waals surface area contributed by atoms with Crippen molar-refractivity contribution >= 4 is 67.7 Å². The molecule has 0 aliphatic carbocycles. The van der Waals surface area contributed by atoms with Crippen molar-refractivity contribution in [2.45, 2.75) is 94.2 Å². The number of hydrogen-bond acceptors (Lipinski definition) is 12. The summed E-state index contributed by atoms with van der Waals surface area (Å²) in [6.07, 6.45) is 3.91. The largest absolute Gasteiger partial charge is 0.493 e. The second kappa shape index (κ2) is 20.4. The van der Waals surface area contributed by atoms with Crippen LogP contribution < -0.4 is 19.3 Å². The normalized spacial score (nSPS) is 20.1. The Balaban J connectivity index is 0.895. The van der Waals surface area contributed by atoms with Gasteiger partial charge in [0.05, 0.1) is 29.6 Å². The lowest BCUT2D eigenvalue weighted by Crippen LogP contribution is -2.51. The second-order valence-electron chi connectivity index (χ2n) is 17.1. The number of aliphatic hydroxyl groups excluding tert-OH is 1. The summed E-state index contributed by atoms with van der Waals surface area (Å²) in [7, 11) is 5.07. The third kappa shape index (κ3) is 9.80. The highest BCUT2D eigenvalue weighted by Crippen LogP contribution is 2.47. The SMILES string of the molecule is CC[C@@H]1CN(C(=O)CCCCCOc2cc3c(cc2C)C(=O)N2CCC[C@H]2C(O)N3C(=O)OCC(C)SSc2ccccn2)c2cc(OC(=O)N3CCN(C)CC3)c3ccccc3c21. The molecule has 0 saturated carbocycles. The molecule has 5 heterocycles. The Hall–Kier alpha value is -5.03. The van der Waals surface area contributed by atoms with Gasteiger partial charge in [0.25, 0.3) is 5.91 Å². The number of piperazine rings is 1. The molecule has 1 N–H and O–H groups in total. The van der Waals surface area contributed by atoms with Crippen LogP contribution in [0.1, 0.15) is 86.2 Å². The van der Waals surface area contributed by atoms with Crippen molar-refractivity contribution in [3.8, 4) is 11.5 Å². The van der Waals surface area contributed by atoms with Crippen LogP contribution in [0.4, 0.5) is 21.0 Å². The Morgan fingerprint density at radius 1 is 0.922 bits per heavy atom. The van der Waals surface area contributed by atoms with Crippen LogP contribution in [-0.4, -0.2) is 126 Å². The van der Waals surface area contributed by atoms with E-state index in [4.69, 9.17) is 14.2 Å². The average molecular weight is 911 g/mol. The van der Waals surface area contributed by atoms with Crippen LogP contribution in [0.15, 0.2) is 71.9 Å². The monoisotopic (exact) mass is 910 g/mol. The summed E-state index contributed by atoms with van der Waals surface area (Å²) < 4.78 is 18.2. The van der Waals surface area contributed by atoms with Gasteiger partial charge in [-0.25, -0.2) is 19.5 Å². The van der Waals surface area contributed by atoms with Crippen molar-refractivity contribution in [3.63, 3.8) is 0 Å². The smallest absolute Gasteiger partial charge is 0.416 e. The number of aromatic nitrogens is 1. The van der Waals surface area contributed by atoms with Gasteiger partial charge < -0.3 is 38.9 Å². The zero-order valence-electron chi connectivity index (χ0n) is 37.1. The van der Waals surface area contributed by atoms with E-state index >= 15 is 0 Å². The molecule has 4 atom stereocenters. The minimum atomic E-state index is -1.29.